The Bertz CT molecular complexity index is 880. The molecule has 0 unspecified atom stereocenters. The smallest absolute Gasteiger partial charge is 0.231 e. The van der Waals surface area contributed by atoms with Crippen LogP contribution in [0.1, 0.15) is 17.5 Å². The van der Waals surface area contributed by atoms with E-state index in [-0.39, 0.29) is 24.1 Å². The molecule has 1 aliphatic rings. The molecule has 8 nitrogen and oxygen atoms in total. The Morgan fingerprint density at radius 1 is 1.40 bits per heavy atom. The molecule has 1 aromatic heterocycles. The maximum Gasteiger partial charge on any atom is 0.231 e. The molecule has 1 amide bonds. The van der Waals surface area contributed by atoms with Crippen LogP contribution in [0.4, 0.5) is 16.0 Å². The summed E-state index contributed by atoms with van der Waals surface area (Å²) < 4.78 is 15.0. The van der Waals surface area contributed by atoms with Gasteiger partial charge in [0, 0.05) is 32.6 Å². The van der Waals surface area contributed by atoms with Gasteiger partial charge in [0.2, 0.25) is 11.7 Å². The number of anilines is 2. The number of likely N-dealkylation sites (tertiary alicyclic amines) is 1. The van der Waals surface area contributed by atoms with Crippen LogP contribution in [0.15, 0.2) is 30.6 Å². The van der Waals surface area contributed by atoms with Crippen molar-refractivity contribution in [2.75, 3.05) is 43.4 Å². The van der Waals surface area contributed by atoms with Gasteiger partial charge in [-0.15, -0.1) is 0 Å². The molecule has 0 saturated carbocycles. The highest BCUT2D eigenvalue weighted by atomic mass is 19.1. The van der Waals surface area contributed by atoms with Crippen LogP contribution >= 0.6 is 0 Å². The highest BCUT2D eigenvalue weighted by molar-refractivity contribution is 5.75. The fourth-order valence-electron chi connectivity index (χ4n) is 3.74. The normalized spacial score (nSPS) is 19.5. The van der Waals surface area contributed by atoms with Crippen LogP contribution in [0.3, 0.4) is 0 Å². The Kier molecular flexibility index (Phi) is 7.17. The molecule has 0 radical (unpaired) electrons. The first kappa shape index (κ1) is 21.9. The number of aromatic nitrogens is 2. The molecular formula is C21H29FN6O2. The van der Waals surface area contributed by atoms with Crippen molar-refractivity contribution in [1.29, 1.82) is 0 Å². The molecule has 3 rings (SSSR count). The zero-order valence-electron chi connectivity index (χ0n) is 17.4. The molecule has 1 fully saturated rings. The van der Waals surface area contributed by atoms with Gasteiger partial charge in [0.1, 0.15) is 6.33 Å². The van der Waals surface area contributed by atoms with Crippen molar-refractivity contribution >= 4 is 17.5 Å². The van der Waals surface area contributed by atoms with Crippen LogP contribution in [0, 0.1) is 18.7 Å². The van der Waals surface area contributed by atoms with E-state index in [2.05, 4.69) is 15.3 Å². The minimum absolute atomic E-state index is 0.0726. The third kappa shape index (κ3) is 5.43. The molecular weight excluding hydrogens is 387 g/mol. The molecule has 2 atom stereocenters. The Hall–Kier alpha value is -2.78. The second-order valence-corrected chi connectivity index (χ2v) is 7.84. The molecule has 162 valence electrons. The van der Waals surface area contributed by atoms with E-state index in [0.29, 0.717) is 32.6 Å². The number of rotatable bonds is 8. The fraction of sp³-hybridized carbons (Fsp3) is 0.476. The van der Waals surface area contributed by atoms with E-state index in [0.717, 1.165) is 11.1 Å². The highest BCUT2D eigenvalue weighted by Crippen LogP contribution is 2.24. The Morgan fingerprint density at radius 2 is 2.17 bits per heavy atom. The van der Waals surface area contributed by atoms with Crippen molar-refractivity contribution in [3.05, 3.63) is 47.5 Å². The van der Waals surface area contributed by atoms with E-state index in [4.69, 9.17) is 5.73 Å². The van der Waals surface area contributed by atoms with E-state index >= 15 is 4.39 Å². The lowest BCUT2D eigenvalue weighted by Crippen LogP contribution is -2.48. The number of benzene rings is 1. The quantitative estimate of drug-likeness (QED) is 0.592. The molecule has 0 aliphatic carbocycles. The van der Waals surface area contributed by atoms with E-state index in [1.54, 1.807) is 11.9 Å². The van der Waals surface area contributed by atoms with Crippen molar-refractivity contribution < 1.29 is 14.3 Å². The molecule has 4 N–H and O–H groups in total. The topological polar surface area (TPSA) is 108 Å². The number of halogens is 1. The first-order chi connectivity index (χ1) is 14.3. The monoisotopic (exact) mass is 416 g/mol. The fourth-order valence-corrected chi connectivity index (χ4v) is 3.74. The number of nitrogens with two attached hydrogens (primary N) is 1. The number of carbonyl (C=O) groups is 1. The highest BCUT2D eigenvalue weighted by Gasteiger charge is 2.28. The van der Waals surface area contributed by atoms with Crippen molar-refractivity contribution in [2.24, 2.45) is 11.7 Å². The van der Waals surface area contributed by atoms with Crippen LogP contribution < -0.4 is 16.0 Å². The lowest BCUT2D eigenvalue weighted by atomic mass is 9.94. The maximum atomic E-state index is 15.0. The molecule has 2 heterocycles. The predicted molar refractivity (Wildman–Crippen MR) is 114 cm³/mol. The van der Waals surface area contributed by atoms with Crippen molar-refractivity contribution in [3.63, 3.8) is 0 Å². The Morgan fingerprint density at radius 3 is 2.87 bits per heavy atom. The van der Waals surface area contributed by atoms with Crippen LogP contribution in [0.5, 0.6) is 0 Å². The summed E-state index contributed by atoms with van der Waals surface area (Å²) in [7, 11) is 1.79. The summed E-state index contributed by atoms with van der Waals surface area (Å²) in [6, 6.07) is 7.96. The molecule has 1 aliphatic heterocycles. The first-order valence-electron chi connectivity index (χ1n) is 10.0. The van der Waals surface area contributed by atoms with Gasteiger partial charge in [-0.1, -0.05) is 24.3 Å². The van der Waals surface area contributed by atoms with Crippen LogP contribution in [0.25, 0.3) is 0 Å². The van der Waals surface area contributed by atoms with E-state index < -0.39 is 17.8 Å². The summed E-state index contributed by atoms with van der Waals surface area (Å²) in [6.07, 6.45) is 1.38. The molecule has 2 aromatic rings. The minimum Gasteiger partial charge on any atom is -0.391 e. The number of aliphatic hydroxyl groups is 1. The van der Waals surface area contributed by atoms with Gasteiger partial charge in [0.05, 0.1) is 12.6 Å². The van der Waals surface area contributed by atoms with Crippen LogP contribution in [-0.2, 0) is 11.3 Å². The van der Waals surface area contributed by atoms with Gasteiger partial charge < -0.3 is 21.1 Å². The number of aryl methyl sites for hydroxylation is 1. The molecule has 0 spiro atoms. The predicted octanol–water partition coefficient (Wildman–Crippen LogP) is 1.14. The average molecular weight is 417 g/mol. The lowest BCUT2D eigenvalue weighted by molar-refractivity contribution is -0.120. The third-order valence-electron chi connectivity index (χ3n) is 5.52. The number of nitrogens with one attached hydrogen (secondary N) is 1. The molecule has 0 bridgehead atoms. The largest absolute Gasteiger partial charge is 0.391 e. The zero-order valence-corrected chi connectivity index (χ0v) is 17.4. The van der Waals surface area contributed by atoms with Crippen molar-refractivity contribution in [1.82, 2.24) is 14.9 Å². The van der Waals surface area contributed by atoms with Gasteiger partial charge in [-0.05, 0) is 31.0 Å². The van der Waals surface area contributed by atoms with Crippen molar-refractivity contribution in [3.8, 4) is 0 Å². The van der Waals surface area contributed by atoms with Gasteiger partial charge in [0.25, 0.3) is 0 Å². The number of hydrogen-bond donors (Lipinski definition) is 3. The standard InChI is InChI=1S/C21H29FN6O2/c1-14-5-3-4-6-16(14)10-27(2)21-19(22)20(25-13-26-21)24-9-15-7-8-28(11-17(15)29)12-18(23)30/h3-6,13,15,17,29H,7-12H2,1-2H3,(H2,23,30)(H,24,25,26)/t15-,17+/m0/s1. The second-order valence-electron chi connectivity index (χ2n) is 7.84. The summed E-state index contributed by atoms with van der Waals surface area (Å²) >= 11 is 0. The summed E-state index contributed by atoms with van der Waals surface area (Å²) in [5.74, 6) is -0.675. The van der Waals surface area contributed by atoms with Crippen molar-refractivity contribution in [2.45, 2.75) is 26.0 Å². The maximum absolute atomic E-state index is 15.0. The molecule has 1 aromatic carbocycles. The number of carbonyl (C=O) groups excluding carboxylic acids is 1. The third-order valence-corrected chi connectivity index (χ3v) is 5.52. The van der Waals surface area contributed by atoms with Gasteiger partial charge in [-0.3, -0.25) is 9.69 Å². The summed E-state index contributed by atoms with van der Waals surface area (Å²) in [5, 5.41) is 13.4. The Labute approximate surface area is 175 Å². The second kappa shape index (κ2) is 9.82. The summed E-state index contributed by atoms with van der Waals surface area (Å²) in [5.41, 5.74) is 7.44. The van der Waals surface area contributed by atoms with Gasteiger partial charge in [-0.2, -0.15) is 4.39 Å². The summed E-state index contributed by atoms with van der Waals surface area (Å²) in [6.45, 7) is 4.08. The molecule has 1 saturated heterocycles. The van der Waals surface area contributed by atoms with Crippen LogP contribution in [0.2, 0.25) is 0 Å². The number of β-amino-alcohol motifs (C(OH)–C–C–N with tert-alkyl or cyclic N) is 1. The number of hydrogen-bond acceptors (Lipinski definition) is 7. The number of primary amides is 1. The molecule has 30 heavy (non-hydrogen) atoms. The minimum atomic E-state index is -0.626. The van der Waals surface area contributed by atoms with Crippen LogP contribution in [-0.4, -0.2) is 65.2 Å². The summed E-state index contributed by atoms with van der Waals surface area (Å²) in [4.78, 5) is 22.8. The first-order valence-corrected chi connectivity index (χ1v) is 10.0. The Balaban J connectivity index is 1.61. The van der Waals surface area contributed by atoms with E-state index in [1.807, 2.05) is 36.1 Å². The average Bonchev–Trinajstić information content (AvgIpc) is 2.69. The number of piperidine rings is 1. The van der Waals surface area contributed by atoms with Gasteiger partial charge >= 0.3 is 0 Å². The van der Waals surface area contributed by atoms with Gasteiger partial charge in [0.15, 0.2) is 11.6 Å². The lowest BCUT2D eigenvalue weighted by Gasteiger charge is -2.35. The number of nitrogens with zero attached hydrogens (tertiary/aromatic N) is 4. The number of amides is 1. The zero-order chi connectivity index (χ0) is 21.7. The molecule has 9 heteroatoms. The SMILES string of the molecule is Cc1ccccc1CN(C)c1ncnc(NC[C@@H]2CCN(CC(N)=O)C[C@H]2O)c1F. The van der Waals surface area contributed by atoms with E-state index in [9.17, 15) is 9.90 Å². The van der Waals surface area contributed by atoms with E-state index in [1.165, 1.54) is 6.33 Å². The number of aliphatic hydroxyl groups excluding tert-OH is 1. The van der Waals surface area contributed by atoms with Gasteiger partial charge in [-0.25, -0.2) is 9.97 Å².